The van der Waals surface area contributed by atoms with E-state index in [1.807, 2.05) is 25.8 Å². The molecule has 1 aliphatic rings. The number of nitrogens with one attached hydrogen (secondary N) is 1. The number of likely N-dealkylation sites (N-methyl/N-ethyl adjacent to an activating group) is 1. The second-order valence-corrected chi connectivity index (χ2v) is 5.93. The summed E-state index contributed by atoms with van der Waals surface area (Å²) in [6, 6.07) is -1.36. The van der Waals surface area contributed by atoms with Crippen molar-refractivity contribution >= 4 is 11.6 Å². The van der Waals surface area contributed by atoms with Gasteiger partial charge in [0.2, 0.25) is 0 Å². The first-order valence-electron chi connectivity index (χ1n) is 8.02. The molecule has 0 spiro atoms. The molecule has 23 heavy (non-hydrogen) atoms. The molecule has 1 N–H and O–H groups in total. The summed E-state index contributed by atoms with van der Waals surface area (Å²) < 4.78 is 11.0. The molecule has 0 amide bonds. The number of hydrogen-bond donors (Lipinski definition) is 0. The standard InChI is InChI=1S/C16H29N2O4.Ac/c1-6-14(20)15(17)16-12(9-22-11(4)21-7-2)8-13(10(3)19)18(16)5;/h11-13,15-17H,6-9H2,1-5H3;/q-1;/t11?,12-,13+,15-,16+;/m0./s1. The second kappa shape index (κ2) is 11.3. The topological polar surface area (TPSA) is 79.6 Å². The first-order valence-corrected chi connectivity index (χ1v) is 8.02. The maximum absolute atomic E-state index is 11.9. The molecule has 1 rings (SSSR count). The zero-order chi connectivity index (χ0) is 16.9. The van der Waals surface area contributed by atoms with Crippen LogP contribution in [-0.4, -0.2) is 61.1 Å². The maximum atomic E-state index is 11.9. The third-order valence-corrected chi connectivity index (χ3v) is 4.42. The van der Waals surface area contributed by atoms with Crippen LogP contribution in [0.3, 0.4) is 0 Å². The van der Waals surface area contributed by atoms with E-state index in [1.54, 1.807) is 13.8 Å². The molecule has 1 heterocycles. The van der Waals surface area contributed by atoms with E-state index in [4.69, 9.17) is 15.2 Å². The van der Waals surface area contributed by atoms with Crippen LogP contribution in [0.5, 0.6) is 0 Å². The van der Waals surface area contributed by atoms with Crippen molar-refractivity contribution < 1.29 is 63.1 Å². The third kappa shape index (κ3) is 6.45. The summed E-state index contributed by atoms with van der Waals surface area (Å²) in [6.45, 7) is 8.02. The number of carbonyl (C=O) groups is 2. The quantitative estimate of drug-likeness (QED) is 0.419. The fraction of sp³-hybridized carbons (Fsp3) is 0.875. The molecular formula is C16H29AcN2O4-. The summed E-state index contributed by atoms with van der Waals surface area (Å²) in [6.07, 6.45) is 0.645. The zero-order valence-corrected chi connectivity index (χ0v) is 19.6. The summed E-state index contributed by atoms with van der Waals surface area (Å²) in [5.74, 6) is -0.0345. The van der Waals surface area contributed by atoms with E-state index in [0.29, 0.717) is 26.1 Å². The van der Waals surface area contributed by atoms with Crippen molar-refractivity contribution in [2.75, 3.05) is 20.3 Å². The van der Waals surface area contributed by atoms with Crippen molar-refractivity contribution in [2.45, 2.75) is 65.0 Å². The third-order valence-electron chi connectivity index (χ3n) is 4.42. The van der Waals surface area contributed by atoms with Gasteiger partial charge in [0.15, 0.2) is 6.29 Å². The molecule has 6 nitrogen and oxygen atoms in total. The van der Waals surface area contributed by atoms with Crippen molar-refractivity contribution in [2.24, 2.45) is 5.92 Å². The van der Waals surface area contributed by atoms with E-state index in [2.05, 4.69) is 0 Å². The van der Waals surface area contributed by atoms with Crippen LogP contribution in [-0.2, 0) is 19.1 Å². The molecule has 5 atom stereocenters. The fourth-order valence-electron chi connectivity index (χ4n) is 3.21. The predicted octanol–water partition coefficient (Wildman–Crippen LogP) is 2.06. The molecule has 0 aliphatic carbocycles. The van der Waals surface area contributed by atoms with Gasteiger partial charge in [-0.05, 0) is 40.2 Å². The first-order chi connectivity index (χ1) is 10.3. The van der Waals surface area contributed by atoms with Crippen molar-refractivity contribution in [1.29, 1.82) is 0 Å². The monoisotopic (exact) mass is 540 g/mol. The van der Waals surface area contributed by atoms with Crippen molar-refractivity contribution in [3.63, 3.8) is 0 Å². The van der Waals surface area contributed by atoms with Gasteiger partial charge in [0.25, 0.3) is 0 Å². The number of nitrogens with zero attached hydrogens (tertiary/aromatic N) is 1. The normalized spacial score (nSPS) is 27.3. The minimum Gasteiger partial charge on any atom is -0.667 e. The molecule has 0 aromatic carbocycles. The van der Waals surface area contributed by atoms with Crippen LogP contribution in [0.15, 0.2) is 0 Å². The van der Waals surface area contributed by atoms with Crippen molar-refractivity contribution in [3.05, 3.63) is 5.73 Å². The van der Waals surface area contributed by atoms with Gasteiger partial charge >= 0.3 is 0 Å². The Hall–Kier alpha value is 0.622. The molecule has 1 unspecified atom stereocenters. The summed E-state index contributed by atoms with van der Waals surface area (Å²) in [7, 11) is 1.83. The number of rotatable bonds is 9. The molecule has 1 saturated heterocycles. The molecule has 1 aliphatic heterocycles. The number of carbonyl (C=O) groups excluding carboxylic acids is 2. The molecule has 0 bridgehead atoms. The summed E-state index contributed by atoms with van der Waals surface area (Å²) in [5.41, 5.74) is 8.24. The number of Topliss-reactive ketones (excluding diaryl/α,β-unsaturated/α-hetero) is 2. The van der Waals surface area contributed by atoms with Gasteiger partial charge in [-0.15, -0.1) is 0 Å². The number of hydrogen-bond acceptors (Lipinski definition) is 5. The molecule has 0 aromatic rings. The Labute approximate surface area is 175 Å². The Balaban J connectivity index is 0.00000484. The largest absolute Gasteiger partial charge is 0.667 e. The van der Waals surface area contributed by atoms with Gasteiger partial charge in [0, 0.05) is 63.1 Å². The van der Waals surface area contributed by atoms with Gasteiger partial charge < -0.3 is 20.0 Å². The van der Waals surface area contributed by atoms with E-state index >= 15 is 0 Å². The van der Waals surface area contributed by atoms with Crippen LogP contribution >= 0.6 is 0 Å². The molecule has 1 fully saturated rings. The Morgan fingerprint density at radius 2 is 1.91 bits per heavy atom. The molecule has 1 radical (unpaired) electrons. The minimum absolute atomic E-state index is 0. The average Bonchev–Trinajstić information content (AvgIpc) is 2.80. The average molecular weight is 540 g/mol. The van der Waals surface area contributed by atoms with E-state index in [0.717, 1.165) is 0 Å². The summed E-state index contributed by atoms with van der Waals surface area (Å²) >= 11 is 0. The van der Waals surface area contributed by atoms with Crippen LogP contribution in [0.1, 0.15) is 40.5 Å². The summed E-state index contributed by atoms with van der Waals surface area (Å²) in [4.78, 5) is 25.6. The molecular weight excluding hydrogens is 511 g/mol. The maximum Gasteiger partial charge on any atom is 0.154 e. The Bertz CT molecular complexity index is 394. The second-order valence-electron chi connectivity index (χ2n) is 5.93. The van der Waals surface area contributed by atoms with E-state index in [-0.39, 0.29) is 79.9 Å². The van der Waals surface area contributed by atoms with Gasteiger partial charge in [-0.25, -0.2) is 0 Å². The molecule has 131 valence electrons. The Morgan fingerprint density at radius 3 is 2.39 bits per heavy atom. The Morgan fingerprint density at radius 1 is 1.30 bits per heavy atom. The van der Waals surface area contributed by atoms with E-state index in [9.17, 15) is 9.59 Å². The van der Waals surface area contributed by atoms with Crippen LogP contribution in [0, 0.1) is 50.0 Å². The predicted molar refractivity (Wildman–Crippen MR) is 84.6 cm³/mol. The van der Waals surface area contributed by atoms with Gasteiger partial charge in [-0.3, -0.25) is 9.69 Å². The van der Waals surface area contributed by atoms with Crippen molar-refractivity contribution in [1.82, 2.24) is 4.90 Å². The number of likely N-dealkylation sites (tertiary alicyclic amines) is 1. The van der Waals surface area contributed by atoms with Gasteiger partial charge in [0.1, 0.15) is 11.6 Å². The molecule has 0 aromatic heterocycles. The number of ketones is 2. The summed E-state index contributed by atoms with van der Waals surface area (Å²) in [5, 5.41) is 0. The Kier molecular flexibility index (Phi) is 11.6. The van der Waals surface area contributed by atoms with Crippen LogP contribution in [0.4, 0.5) is 0 Å². The van der Waals surface area contributed by atoms with Crippen molar-refractivity contribution in [3.8, 4) is 0 Å². The van der Waals surface area contributed by atoms with Crippen LogP contribution in [0.25, 0.3) is 5.73 Å². The van der Waals surface area contributed by atoms with Gasteiger partial charge in [-0.2, -0.15) is 0 Å². The van der Waals surface area contributed by atoms with Gasteiger partial charge in [-0.1, -0.05) is 13.0 Å². The first kappa shape index (κ1) is 23.6. The van der Waals surface area contributed by atoms with Crippen LogP contribution < -0.4 is 0 Å². The molecule has 0 saturated carbocycles. The number of ether oxygens (including phenoxy) is 2. The van der Waals surface area contributed by atoms with Gasteiger partial charge in [0.05, 0.1) is 12.6 Å². The smallest absolute Gasteiger partial charge is 0.154 e. The van der Waals surface area contributed by atoms with E-state index < -0.39 is 6.04 Å². The zero-order valence-electron chi connectivity index (χ0n) is 14.9. The van der Waals surface area contributed by atoms with Crippen LogP contribution in [0.2, 0.25) is 0 Å². The molecule has 7 heteroatoms. The van der Waals surface area contributed by atoms with E-state index in [1.165, 1.54) is 0 Å². The minimum atomic E-state index is -0.838. The fourth-order valence-corrected chi connectivity index (χ4v) is 3.21. The SMILES string of the molecule is CCOC(C)OC[C@@H]1C[C@H](C(C)=O)N(C)[C@H]1[C@@H]([NH-])C(=O)CC.[Ac].